The van der Waals surface area contributed by atoms with Crippen LogP contribution >= 0.6 is 34.7 Å². The zero-order valence-electron chi connectivity index (χ0n) is 23.7. The number of rotatable bonds is 7. The molecule has 1 aliphatic carbocycles. The molecule has 41 heavy (non-hydrogen) atoms. The Morgan fingerprint density at radius 1 is 1.34 bits per heavy atom. The molecule has 0 amide bonds. The smallest absolute Gasteiger partial charge is 0.360 e. The molecule has 1 fully saturated rings. The molecular formula is C27H34ClN7O3S3. The van der Waals surface area contributed by atoms with Crippen LogP contribution in [0.25, 0.3) is 0 Å². The summed E-state index contributed by atoms with van der Waals surface area (Å²) in [7, 11) is 0. The zero-order valence-corrected chi connectivity index (χ0v) is 26.9. The number of nitrogen functional groups attached to an aromatic ring is 1. The predicted octanol–water partition coefficient (Wildman–Crippen LogP) is 5.14. The van der Waals surface area contributed by atoms with E-state index in [-0.39, 0.29) is 34.3 Å². The van der Waals surface area contributed by atoms with Crippen molar-refractivity contribution in [3.8, 4) is 0 Å². The van der Waals surface area contributed by atoms with Gasteiger partial charge in [0.15, 0.2) is 11.5 Å². The molecule has 4 heterocycles. The summed E-state index contributed by atoms with van der Waals surface area (Å²) in [5.74, 6) is 0.210. The van der Waals surface area contributed by atoms with Gasteiger partial charge in [-0.3, -0.25) is 0 Å². The maximum absolute atomic E-state index is 13.2. The molecule has 0 saturated carbocycles. The van der Waals surface area contributed by atoms with Crippen LogP contribution in [-0.2, 0) is 22.5 Å². The number of esters is 1. The molecule has 0 aromatic carbocycles. The van der Waals surface area contributed by atoms with E-state index in [1.165, 1.54) is 16.6 Å². The van der Waals surface area contributed by atoms with Crippen molar-refractivity contribution in [3.63, 3.8) is 0 Å². The standard InChI is InChI=1S/C27H34ClN7O3S3/c1-6-38-25(36)19-23(32-15(2)24(33-19)40-17-7-10-30-22(29)18(17)28)35-11-8-27(9-12-35)13-16-20(39-14-31-16)21(27)34-41(37)26(3,4)5/h7,10,14,21,34H,6,8-9,11-13H2,1-5H3,(H2,29,30)/t21-,41?/m1/s1. The summed E-state index contributed by atoms with van der Waals surface area (Å²) in [6, 6.07) is 1.71. The van der Waals surface area contributed by atoms with Gasteiger partial charge in [0, 0.05) is 45.8 Å². The van der Waals surface area contributed by atoms with E-state index >= 15 is 0 Å². The number of piperidine rings is 1. The van der Waals surface area contributed by atoms with Gasteiger partial charge >= 0.3 is 5.97 Å². The number of ether oxygens (including phenoxy) is 1. The minimum absolute atomic E-state index is 0.0409. The number of anilines is 2. The predicted molar refractivity (Wildman–Crippen MR) is 164 cm³/mol. The van der Waals surface area contributed by atoms with E-state index in [0.717, 1.165) is 25.0 Å². The molecule has 0 bridgehead atoms. The second-order valence-electron chi connectivity index (χ2n) is 11.2. The van der Waals surface area contributed by atoms with E-state index in [4.69, 9.17) is 32.0 Å². The summed E-state index contributed by atoms with van der Waals surface area (Å²) in [5.41, 5.74) is 9.56. The van der Waals surface area contributed by atoms with Crippen LogP contribution in [0.5, 0.6) is 0 Å². The lowest BCUT2D eigenvalue weighted by Crippen LogP contribution is -2.50. The molecule has 220 valence electrons. The Morgan fingerprint density at radius 3 is 2.76 bits per heavy atom. The summed E-state index contributed by atoms with van der Waals surface area (Å²) >= 11 is 8.06. The van der Waals surface area contributed by atoms with E-state index in [9.17, 15) is 9.35 Å². The fourth-order valence-corrected chi connectivity index (χ4v) is 8.32. The first-order valence-electron chi connectivity index (χ1n) is 13.4. The number of hydrogen-bond donors (Lipinski definition) is 2. The second kappa shape index (κ2) is 11.8. The van der Waals surface area contributed by atoms with E-state index in [2.05, 4.69) is 19.6 Å². The van der Waals surface area contributed by atoms with Gasteiger partial charge in [0.05, 0.1) is 34.6 Å². The highest BCUT2D eigenvalue weighted by atomic mass is 35.5. The van der Waals surface area contributed by atoms with E-state index in [1.807, 2.05) is 33.2 Å². The van der Waals surface area contributed by atoms with Crippen molar-refractivity contribution in [3.05, 3.63) is 44.8 Å². The van der Waals surface area contributed by atoms with Gasteiger partial charge in [0.2, 0.25) is 0 Å². The van der Waals surface area contributed by atoms with Gasteiger partial charge in [-0.15, -0.1) is 16.1 Å². The lowest BCUT2D eigenvalue weighted by atomic mass is 9.74. The lowest BCUT2D eigenvalue weighted by molar-refractivity contribution is 0.0518. The Kier molecular flexibility index (Phi) is 8.76. The highest BCUT2D eigenvalue weighted by Gasteiger charge is 2.52. The number of thiazole rings is 1. The average molecular weight is 636 g/mol. The third-order valence-electron chi connectivity index (χ3n) is 7.47. The monoisotopic (exact) mass is 635 g/mol. The van der Waals surface area contributed by atoms with Crippen LogP contribution in [-0.4, -0.2) is 54.9 Å². The van der Waals surface area contributed by atoms with Gasteiger partial charge in [0.25, 0.3) is 0 Å². The Hall–Kier alpha value is -2.16. The van der Waals surface area contributed by atoms with Crippen molar-refractivity contribution in [1.82, 2.24) is 24.7 Å². The van der Waals surface area contributed by atoms with E-state index < -0.39 is 17.3 Å². The number of hydrogen-bond acceptors (Lipinski definition) is 12. The third-order valence-corrected chi connectivity index (χ3v) is 11.6. The fraction of sp³-hybridized carbons (Fsp3) is 0.519. The van der Waals surface area contributed by atoms with Crippen LogP contribution in [0.15, 0.2) is 27.7 Å². The minimum atomic E-state index is -1.22. The number of nitrogens with zero attached hydrogens (tertiary/aromatic N) is 5. The van der Waals surface area contributed by atoms with Crippen LogP contribution in [0.4, 0.5) is 11.6 Å². The topological polar surface area (TPSA) is 142 Å². The molecule has 1 unspecified atom stereocenters. The molecule has 3 aromatic rings. The molecule has 14 heteroatoms. The molecule has 2 atom stereocenters. The molecule has 10 nitrogen and oxygen atoms in total. The number of carbonyl (C=O) groups is 1. The second-order valence-corrected chi connectivity index (χ2v) is 15.5. The van der Waals surface area contributed by atoms with Gasteiger partial charge < -0.3 is 19.9 Å². The largest absolute Gasteiger partial charge is 0.598 e. The van der Waals surface area contributed by atoms with Crippen LogP contribution in [0.2, 0.25) is 5.02 Å². The maximum atomic E-state index is 13.2. The number of pyridine rings is 1. The average Bonchev–Trinajstić information content (AvgIpc) is 3.47. The van der Waals surface area contributed by atoms with Gasteiger partial charge in [0.1, 0.15) is 15.6 Å². The van der Waals surface area contributed by atoms with Crippen LogP contribution in [0, 0.1) is 12.3 Å². The molecule has 1 aliphatic heterocycles. The highest BCUT2D eigenvalue weighted by molar-refractivity contribution is 7.99. The summed E-state index contributed by atoms with van der Waals surface area (Å²) in [4.78, 5) is 35.3. The van der Waals surface area contributed by atoms with Gasteiger partial charge in [-0.05, 0) is 59.9 Å². The minimum Gasteiger partial charge on any atom is -0.598 e. The Bertz CT molecular complexity index is 1440. The number of nitrogens with two attached hydrogens (primary N) is 1. The zero-order chi connectivity index (χ0) is 29.5. The van der Waals surface area contributed by atoms with Crippen LogP contribution in [0.3, 0.4) is 0 Å². The third kappa shape index (κ3) is 6.02. The first-order chi connectivity index (χ1) is 19.4. The molecule has 2 aliphatic rings. The highest BCUT2D eigenvalue weighted by Crippen LogP contribution is 2.54. The summed E-state index contributed by atoms with van der Waals surface area (Å²) in [6.45, 7) is 11.1. The maximum Gasteiger partial charge on any atom is 0.360 e. The SMILES string of the molecule is CCOC(=O)c1nc(Sc2ccnc(N)c2Cl)c(C)nc1N1CCC2(CC1)Cc1ncsc1[C@H]2N[S+]([O-])C(C)(C)C. The lowest BCUT2D eigenvalue weighted by Gasteiger charge is -2.44. The Balaban J connectivity index is 1.42. The van der Waals surface area contributed by atoms with Crippen LogP contribution in [0.1, 0.15) is 73.3 Å². The number of halogens is 1. The quantitative estimate of drug-likeness (QED) is 0.263. The van der Waals surface area contributed by atoms with Crippen molar-refractivity contribution >= 4 is 63.7 Å². The molecule has 3 aromatic heterocycles. The number of aromatic nitrogens is 4. The van der Waals surface area contributed by atoms with Gasteiger partial charge in [-0.2, -0.15) is 0 Å². The number of aryl methyl sites for hydroxylation is 1. The summed E-state index contributed by atoms with van der Waals surface area (Å²) in [6.07, 6.45) is 4.05. The van der Waals surface area contributed by atoms with E-state index in [0.29, 0.717) is 39.5 Å². The van der Waals surface area contributed by atoms with Gasteiger partial charge in [-0.1, -0.05) is 23.4 Å². The molecule has 0 radical (unpaired) electrons. The first kappa shape index (κ1) is 30.3. The molecule has 1 spiro atoms. The molecular weight excluding hydrogens is 602 g/mol. The number of nitrogens with one attached hydrogen (secondary N) is 1. The van der Waals surface area contributed by atoms with Gasteiger partial charge in [-0.25, -0.2) is 24.7 Å². The van der Waals surface area contributed by atoms with Crippen molar-refractivity contribution in [2.24, 2.45) is 5.41 Å². The Labute approximate surface area is 256 Å². The van der Waals surface area contributed by atoms with Crippen molar-refractivity contribution in [2.45, 2.75) is 74.6 Å². The van der Waals surface area contributed by atoms with Crippen molar-refractivity contribution < 1.29 is 14.1 Å². The van der Waals surface area contributed by atoms with Crippen molar-refractivity contribution in [1.29, 1.82) is 0 Å². The number of fused-ring (bicyclic) bond motifs is 1. The normalized spacial score (nSPS) is 18.9. The number of carbonyl (C=O) groups excluding carboxylic acids is 1. The molecule has 1 saturated heterocycles. The summed E-state index contributed by atoms with van der Waals surface area (Å²) < 4.78 is 21.6. The van der Waals surface area contributed by atoms with E-state index in [1.54, 1.807) is 30.5 Å². The Morgan fingerprint density at radius 2 is 2.07 bits per heavy atom. The van der Waals surface area contributed by atoms with Crippen LogP contribution < -0.4 is 15.4 Å². The molecule has 3 N–H and O–H groups in total. The first-order valence-corrected chi connectivity index (χ1v) is 16.6. The fourth-order valence-electron chi connectivity index (χ4n) is 5.22. The van der Waals surface area contributed by atoms with Crippen molar-refractivity contribution in [2.75, 3.05) is 30.3 Å². The molecule has 5 rings (SSSR count). The summed E-state index contributed by atoms with van der Waals surface area (Å²) in [5, 5.41) is 0.870.